The van der Waals surface area contributed by atoms with Crippen LogP contribution in [0.2, 0.25) is 0 Å². The Balaban J connectivity index is 1.75. The molecule has 8 N–H and O–H groups in total. The number of rotatable bonds is 26. The first-order valence-corrected chi connectivity index (χ1v) is 19.9. The molecule has 1 aliphatic heterocycles. The van der Waals surface area contributed by atoms with Crippen LogP contribution in [0.3, 0.4) is 0 Å². The molecule has 14 unspecified atom stereocenters. The number of hydrogen-bond acceptors (Lipinski definition) is 16. The van der Waals surface area contributed by atoms with Gasteiger partial charge >= 0.3 is 11.9 Å². The molecule has 0 bridgehead atoms. The number of hydrogen-bond donors (Lipinski definition) is 8. The molecule has 1 aliphatic carbocycles. The molecule has 1 heterocycles. The predicted octanol–water partition coefficient (Wildman–Crippen LogP) is -1.63. The maximum absolute atomic E-state index is 12.6. The zero-order valence-electron chi connectivity index (χ0n) is 35.0. The van der Waals surface area contributed by atoms with Crippen molar-refractivity contribution in [1.29, 1.82) is 0 Å². The van der Waals surface area contributed by atoms with Crippen molar-refractivity contribution in [3.63, 3.8) is 0 Å². The number of carbonyl (C=O) groups is 6. The number of nitrogens with one attached hydrogen (secondary N) is 4. The first kappa shape index (κ1) is 50.7. The second-order valence-electron chi connectivity index (χ2n) is 16.2. The minimum atomic E-state index is -1.22. The standard InChI is InChI=1S/C39H66N4O15/c1-19(2)27(15-44)42-31(49)17-56-38(53)33(20(3)4)43-32(50)18-55-37(52)24(8)41-30(48)14-40-13-21(5)10-25-12-26(25)35-23(7)36(34(51)29(16-45)57-35)58-39(54-9)28(47)11-22(6)46/h15,19-29,33-36,39-40,45-47,51H,7,10-14,16-18H2,1-6,8-9H3,(H2-,41,42,43,48,49,50)/p+1. The molecule has 2 rings (SSSR count). The summed E-state index contributed by atoms with van der Waals surface area (Å²) in [5, 5.41) is 51.4. The predicted molar refractivity (Wildman–Crippen MR) is 206 cm³/mol. The summed E-state index contributed by atoms with van der Waals surface area (Å²) in [4.78, 5) is 73.4. The summed E-state index contributed by atoms with van der Waals surface area (Å²) < 4.78 is 27.4. The fraction of sp³-hybridized carbons (Fsp3) is 0.821. The number of esters is 2. The minimum absolute atomic E-state index is 0.00452. The molecule has 0 aromatic heterocycles. The molecule has 0 radical (unpaired) electrons. The molecule has 0 aromatic rings. The van der Waals surface area contributed by atoms with Crippen molar-refractivity contribution in [2.24, 2.45) is 35.5 Å². The van der Waals surface area contributed by atoms with Crippen molar-refractivity contribution in [2.75, 3.05) is 40.0 Å². The van der Waals surface area contributed by atoms with E-state index in [4.69, 9.17) is 23.7 Å². The molecule has 3 amide bonds. The van der Waals surface area contributed by atoms with E-state index in [2.05, 4.69) is 28.2 Å². The Kier molecular flexibility index (Phi) is 21.5. The summed E-state index contributed by atoms with van der Waals surface area (Å²) >= 11 is 0. The third kappa shape index (κ3) is 16.3. The normalized spacial score (nSPS) is 26.6. The van der Waals surface area contributed by atoms with E-state index in [9.17, 15) is 49.2 Å². The van der Waals surface area contributed by atoms with Gasteiger partial charge in [0, 0.05) is 13.5 Å². The third-order valence-corrected chi connectivity index (χ3v) is 10.2. The fourth-order valence-corrected chi connectivity index (χ4v) is 6.82. The maximum atomic E-state index is 12.6. The average Bonchev–Trinajstić information content (AvgIpc) is 3.91. The molecule has 0 spiro atoms. The van der Waals surface area contributed by atoms with Gasteiger partial charge in [-0.1, -0.05) is 34.6 Å². The zero-order chi connectivity index (χ0) is 43.9. The van der Waals surface area contributed by atoms with Gasteiger partial charge in [0.25, 0.3) is 11.8 Å². The van der Waals surface area contributed by atoms with Crippen LogP contribution in [0.15, 0.2) is 0 Å². The van der Waals surface area contributed by atoms with Crippen LogP contribution in [0.1, 0.15) is 67.7 Å². The van der Waals surface area contributed by atoms with Crippen LogP contribution < -0.4 is 21.3 Å². The number of ether oxygens (including phenoxy) is 5. The number of methoxy groups -OCH3 is 1. The van der Waals surface area contributed by atoms with E-state index in [0.717, 1.165) is 12.8 Å². The molecule has 2 fully saturated rings. The zero-order valence-corrected chi connectivity index (χ0v) is 35.0. The summed E-state index contributed by atoms with van der Waals surface area (Å²) in [7, 11) is 1.35. The summed E-state index contributed by atoms with van der Waals surface area (Å²) in [6, 6.07) is -2.98. The van der Waals surface area contributed by atoms with Crippen LogP contribution in [0, 0.1) is 42.4 Å². The first-order valence-electron chi connectivity index (χ1n) is 19.9. The highest BCUT2D eigenvalue weighted by Gasteiger charge is 2.56. The van der Waals surface area contributed by atoms with E-state index in [1.165, 1.54) is 21.0 Å². The highest BCUT2D eigenvalue weighted by Crippen LogP contribution is 2.50. The van der Waals surface area contributed by atoms with Crippen LogP contribution in [0.5, 0.6) is 0 Å². The Labute approximate surface area is 341 Å². The van der Waals surface area contributed by atoms with Gasteiger partial charge in [0.2, 0.25) is 5.91 Å². The maximum Gasteiger partial charge on any atom is 0.329 e. The molecular formula is C39H67N4O15+. The van der Waals surface area contributed by atoms with Gasteiger partial charge in [-0.15, -0.1) is 0 Å². The molecule has 14 atom stereocenters. The average molecular weight is 832 g/mol. The van der Waals surface area contributed by atoms with Gasteiger partial charge in [-0.05, 0) is 62.8 Å². The Hall–Kier alpha value is -3.43. The molecule has 58 heavy (non-hydrogen) atoms. The van der Waals surface area contributed by atoms with E-state index < -0.39 is 122 Å². The fourth-order valence-electron chi connectivity index (χ4n) is 6.82. The Morgan fingerprint density at radius 3 is 2.07 bits per heavy atom. The van der Waals surface area contributed by atoms with Crippen molar-refractivity contribution >= 4 is 35.9 Å². The lowest BCUT2D eigenvalue weighted by Crippen LogP contribution is -2.58. The van der Waals surface area contributed by atoms with E-state index in [1.54, 1.807) is 27.7 Å². The topological polar surface area (TPSA) is 278 Å². The van der Waals surface area contributed by atoms with Crippen molar-refractivity contribution in [2.45, 2.75) is 129 Å². The monoisotopic (exact) mass is 831 g/mol. The van der Waals surface area contributed by atoms with Crippen molar-refractivity contribution in [3.8, 4) is 0 Å². The van der Waals surface area contributed by atoms with Gasteiger partial charge in [0.1, 0.15) is 48.9 Å². The van der Waals surface area contributed by atoms with Gasteiger partial charge < -0.3 is 70.2 Å². The Morgan fingerprint density at radius 2 is 1.52 bits per heavy atom. The lowest BCUT2D eigenvalue weighted by atomic mass is 9.84. The van der Waals surface area contributed by atoms with Crippen molar-refractivity contribution < 1.29 is 72.9 Å². The van der Waals surface area contributed by atoms with E-state index in [0.29, 0.717) is 12.8 Å². The van der Waals surface area contributed by atoms with Crippen LogP contribution in [0.25, 0.3) is 0 Å². The van der Waals surface area contributed by atoms with Gasteiger partial charge in [0.05, 0.1) is 32.2 Å². The second-order valence-corrected chi connectivity index (χ2v) is 16.2. The van der Waals surface area contributed by atoms with E-state index in [1.807, 2.05) is 6.92 Å². The lowest BCUT2D eigenvalue weighted by molar-refractivity contribution is -0.278. The molecule has 2 aliphatic rings. The third-order valence-electron chi connectivity index (χ3n) is 10.2. The Bertz CT molecular complexity index is 1340. The van der Waals surface area contributed by atoms with Crippen LogP contribution in [-0.4, -0.2) is 157 Å². The first-order chi connectivity index (χ1) is 27.2. The molecule has 1 saturated carbocycles. The highest BCUT2D eigenvalue weighted by molar-refractivity contribution is 5.89. The number of aliphatic hydroxyl groups is 4. The smallest absolute Gasteiger partial charge is 0.329 e. The molecule has 19 nitrogen and oxygen atoms in total. The van der Waals surface area contributed by atoms with E-state index >= 15 is 0 Å². The molecule has 332 valence electrons. The molecule has 19 heteroatoms. The Morgan fingerprint density at radius 1 is 0.897 bits per heavy atom. The van der Waals surface area contributed by atoms with Gasteiger partial charge in [0.15, 0.2) is 25.4 Å². The summed E-state index contributed by atoms with van der Waals surface area (Å²) in [6.07, 6.45) is -4.41. The van der Waals surface area contributed by atoms with Crippen molar-refractivity contribution in [3.05, 3.63) is 6.92 Å². The quantitative estimate of drug-likeness (QED) is 0.0210. The van der Waals surface area contributed by atoms with Crippen LogP contribution in [0.4, 0.5) is 0 Å². The number of amides is 3. The summed E-state index contributed by atoms with van der Waals surface area (Å²) in [5.74, 6) is -4.41. The van der Waals surface area contributed by atoms with Crippen LogP contribution in [-0.2, 0) is 52.5 Å². The second kappa shape index (κ2) is 24.6. The molecule has 1 saturated heterocycles. The van der Waals surface area contributed by atoms with E-state index in [-0.39, 0.29) is 36.6 Å². The lowest BCUT2D eigenvalue weighted by Gasteiger charge is -2.42. The number of carbonyl (C=O) groups excluding carboxylic acids is 6. The number of aldehydes is 1. The molecule has 0 aromatic carbocycles. The van der Waals surface area contributed by atoms with Crippen molar-refractivity contribution in [1.82, 2.24) is 21.3 Å². The highest BCUT2D eigenvalue weighted by atomic mass is 16.7. The summed E-state index contributed by atoms with van der Waals surface area (Å²) in [5.41, 5.74) is 0. The summed E-state index contributed by atoms with van der Waals surface area (Å²) in [6.45, 7) is 14.5. The minimum Gasteiger partial charge on any atom is -0.454 e. The van der Waals surface area contributed by atoms with Gasteiger partial charge in [-0.25, -0.2) is 9.59 Å². The number of aliphatic hydroxyl groups excluding tert-OH is 4. The SMILES string of the molecule is [CH2+]C1C(OC(OC)C(O)CC(C)O)C(O)C(CO)OC1C1CC1CC(C)CNCC(=O)NC(C)C(=O)OCC(=O)NC(C(=O)OCC(=O)NC(C=O)C(C)C)C(C)C. The van der Waals surface area contributed by atoms with Gasteiger partial charge in [-0.3, -0.25) is 14.4 Å². The largest absolute Gasteiger partial charge is 0.454 e. The van der Waals surface area contributed by atoms with Crippen LogP contribution >= 0.6 is 0 Å². The van der Waals surface area contributed by atoms with Gasteiger partial charge in [-0.2, -0.15) is 0 Å². The molecular weight excluding hydrogens is 764 g/mol.